The van der Waals surface area contributed by atoms with Gasteiger partial charge < -0.3 is 15.8 Å². The zero-order valence-corrected chi connectivity index (χ0v) is 8.15. The molecule has 3 N–H and O–H groups in total. The molecule has 72 valence electrons. The van der Waals surface area contributed by atoms with Gasteiger partial charge >= 0.3 is 0 Å². The molecule has 0 spiro atoms. The molecule has 0 fully saturated rings. The molecule has 1 amide bonds. The number of hydrogen-bond acceptors (Lipinski definition) is 4. The molecule has 0 aromatic rings. The molecule has 0 unspecified atom stereocenters. The first kappa shape index (κ1) is 11.7. The lowest BCUT2D eigenvalue weighted by Gasteiger charge is -2.02. The van der Waals surface area contributed by atoms with Crippen molar-refractivity contribution < 1.29 is 9.53 Å². The van der Waals surface area contributed by atoms with Gasteiger partial charge in [-0.3, -0.25) is 4.79 Å². The summed E-state index contributed by atoms with van der Waals surface area (Å²) in [6, 6.07) is 0. The molecule has 4 nitrogen and oxygen atoms in total. The molecular formula is C7H16N2O2S. The highest BCUT2D eigenvalue weighted by atomic mass is 32.2. The molecule has 0 aliphatic heterocycles. The number of methoxy groups -OCH3 is 1. The van der Waals surface area contributed by atoms with Crippen molar-refractivity contribution in [2.24, 2.45) is 5.73 Å². The quantitative estimate of drug-likeness (QED) is 0.531. The minimum Gasteiger partial charge on any atom is -0.383 e. The second-order valence-electron chi connectivity index (χ2n) is 2.18. The Kier molecular flexibility index (Phi) is 8.64. The lowest BCUT2D eigenvalue weighted by Crippen LogP contribution is -2.28. The van der Waals surface area contributed by atoms with Crippen molar-refractivity contribution in [1.29, 1.82) is 0 Å². The number of nitrogens with one attached hydrogen (secondary N) is 1. The van der Waals surface area contributed by atoms with Crippen LogP contribution in [0.5, 0.6) is 0 Å². The molecule has 0 saturated carbocycles. The molecule has 0 aromatic carbocycles. The third kappa shape index (κ3) is 7.84. The van der Waals surface area contributed by atoms with E-state index in [4.69, 9.17) is 10.5 Å². The fourth-order valence-electron chi connectivity index (χ4n) is 0.592. The van der Waals surface area contributed by atoms with Crippen molar-refractivity contribution in [2.45, 2.75) is 0 Å². The predicted molar refractivity (Wildman–Crippen MR) is 51.3 cm³/mol. The standard InChI is InChI=1S/C7H16N2O2S/c1-11-4-3-9-7(10)6-12-5-2-8/h2-6,8H2,1H3,(H,9,10). The summed E-state index contributed by atoms with van der Waals surface area (Å²) in [4.78, 5) is 11.0. The van der Waals surface area contributed by atoms with Crippen molar-refractivity contribution >= 4 is 17.7 Å². The maximum Gasteiger partial charge on any atom is 0.230 e. The van der Waals surface area contributed by atoms with Crippen LogP contribution < -0.4 is 11.1 Å². The van der Waals surface area contributed by atoms with Gasteiger partial charge in [0.1, 0.15) is 0 Å². The number of nitrogens with two attached hydrogens (primary N) is 1. The van der Waals surface area contributed by atoms with Crippen molar-refractivity contribution in [2.75, 3.05) is 38.3 Å². The van der Waals surface area contributed by atoms with Gasteiger partial charge in [-0.25, -0.2) is 0 Å². The fourth-order valence-corrected chi connectivity index (χ4v) is 1.19. The van der Waals surface area contributed by atoms with Crippen LogP contribution in [0.25, 0.3) is 0 Å². The van der Waals surface area contributed by atoms with Gasteiger partial charge in [0, 0.05) is 26.0 Å². The highest BCUT2D eigenvalue weighted by Gasteiger charge is 1.98. The largest absolute Gasteiger partial charge is 0.383 e. The molecule has 0 aliphatic carbocycles. The van der Waals surface area contributed by atoms with Crippen LogP contribution in [0.4, 0.5) is 0 Å². The summed E-state index contributed by atoms with van der Waals surface area (Å²) in [5, 5.41) is 2.72. The predicted octanol–water partition coefficient (Wildman–Crippen LogP) is -0.559. The Balaban J connectivity index is 3.10. The number of thioether (sulfide) groups is 1. The maximum absolute atomic E-state index is 11.0. The van der Waals surface area contributed by atoms with Crippen LogP contribution in [0.2, 0.25) is 0 Å². The number of ether oxygens (including phenoxy) is 1. The number of carbonyl (C=O) groups is 1. The minimum absolute atomic E-state index is 0.0468. The average molecular weight is 192 g/mol. The van der Waals surface area contributed by atoms with E-state index in [0.29, 0.717) is 25.4 Å². The molecule has 0 radical (unpaired) electrons. The van der Waals surface area contributed by atoms with Gasteiger partial charge in [0.25, 0.3) is 0 Å². The second-order valence-corrected chi connectivity index (χ2v) is 3.29. The highest BCUT2D eigenvalue weighted by molar-refractivity contribution is 7.99. The van der Waals surface area contributed by atoms with Crippen molar-refractivity contribution in [3.63, 3.8) is 0 Å². The topological polar surface area (TPSA) is 64.3 Å². The van der Waals surface area contributed by atoms with Crippen LogP contribution in [0, 0.1) is 0 Å². The maximum atomic E-state index is 11.0. The average Bonchev–Trinajstić information content (AvgIpc) is 2.06. The first-order chi connectivity index (χ1) is 5.81. The van der Waals surface area contributed by atoms with Crippen molar-refractivity contribution in [3.05, 3.63) is 0 Å². The third-order valence-electron chi connectivity index (χ3n) is 1.12. The molecule has 0 aliphatic rings. The van der Waals surface area contributed by atoms with Gasteiger partial charge in [-0.15, -0.1) is 0 Å². The first-order valence-electron chi connectivity index (χ1n) is 3.84. The fraction of sp³-hybridized carbons (Fsp3) is 0.857. The Morgan fingerprint density at radius 3 is 3.00 bits per heavy atom. The third-order valence-corrected chi connectivity index (χ3v) is 2.11. The smallest absolute Gasteiger partial charge is 0.230 e. The van der Waals surface area contributed by atoms with Crippen LogP contribution in [0.3, 0.4) is 0 Å². The molecular weight excluding hydrogens is 176 g/mol. The van der Waals surface area contributed by atoms with Crippen molar-refractivity contribution in [1.82, 2.24) is 5.32 Å². The summed E-state index contributed by atoms with van der Waals surface area (Å²) < 4.78 is 4.78. The molecule has 0 bridgehead atoms. The summed E-state index contributed by atoms with van der Waals surface area (Å²) in [5.41, 5.74) is 5.26. The lowest BCUT2D eigenvalue weighted by molar-refractivity contribution is -0.118. The molecule has 5 heteroatoms. The van der Waals surface area contributed by atoms with E-state index in [2.05, 4.69) is 5.32 Å². The zero-order chi connectivity index (χ0) is 9.23. The highest BCUT2D eigenvalue weighted by Crippen LogP contribution is 1.95. The van der Waals surface area contributed by atoms with E-state index >= 15 is 0 Å². The van der Waals surface area contributed by atoms with Crippen LogP contribution in [-0.4, -0.2) is 44.2 Å². The summed E-state index contributed by atoms with van der Waals surface area (Å²) in [6.45, 7) is 1.77. The molecule has 0 rings (SSSR count). The molecule has 12 heavy (non-hydrogen) atoms. The Bertz CT molecular complexity index is 110. The summed E-state index contributed by atoms with van der Waals surface area (Å²) in [7, 11) is 1.61. The van der Waals surface area contributed by atoms with E-state index in [9.17, 15) is 4.79 Å². The number of hydrogen-bond donors (Lipinski definition) is 2. The lowest BCUT2D eigenvalue weighted by atomic mass is 10.6. The zero-order valence-electron chi connectivity index (χ0n) is 7.34. The molecule has 0 saturated heterocycles. The van der Waals surface area contributed by atoms with Gasteiger partial charge in [0.05, 0.1) is 12.4 Å². The normalized spacial score (nSPS) is 9.83. The van der Waals surface area contributed by atoms with E-state index in [1.54, 1.807) is 18.9 Å². The SMILES string of the molecule is COCCNC(=O)CSCCN. The van der Waals surface area contributed by atoms with Gasteiger partial charge in [-0.2, -0.15) is 11.8 Å². The monoisotopic (exact) mass is 192 g/mol. The molecule has 0 aromatic heterocycles. The second kappa shape index (κ2) is 8.83. The minimum atomic E-state index is 0.0468. The Morgan fingerprint density at radius 2 is 2.42 bits per heavy atom. The summed E-state index contributed by atoms with van der Waals surface area (Å²) in [5.74, 6) is 1.36. The van der Waals surface area contributed by atoms with E-state index in [-0.39, 0.29) is 5.91 Å². The Hall–Kier alpha value is -0.260. The van der Waals surface area contributed by atoms with Crippen molar-refractivity contribution in [3.8, 4) is 0 Å². The van der Waals surface area contributed by atoms with E-state index in [1.807, 2.05) is 0 Å². The number of carbonyl (C=O) groups excluding carboxylic acids is 1. The van der Waals surface area contributed by atoms with Gasteiger partial charge in [0.2, 0.25) is 5.91 Å². The summed E-state index contributed by atoms with van der Waals surface area (Å²) in [6.07, 6.45) is 0. The van der Waals surface area contributed by atoms with E-state index < -0.39 is 0 Å². The van der Waals surface area contributed by atoms with Crippen LogP contribution >= 0.6 is 11.8 Å². The van der Waals surface area contributed by atoms with Crippen LogP contribution in [0.15, 0.2) is 0 Å². The molecule has 0 atom stereocenters. The van der Waals surface area contributed by atoms with Crippen LogP contribution in [0.1, 0.15) is 0 Å². The van der Waals surface area contributed by atoms with Crippen LogP contribution in [-0.2, 0) is 9.53 Å². The Morgan fingerprint density at radius 1 is 1.67 bits per heavy atom. The first-order valence-corrected chi connectivity index (χ1v) is 5.00. The van der Waals surface area contributed by atoms with E-state index in [1.165, 1.54) is 0 Å². The van der Waals surface area contributed by atoms with Gasteiger partial charge in [-0.05, 0) is 0 Å². The molecule has 0 heterocycles. The van der Waals surface area contributed by atoms with E-state index in [0.717, 1.165) is 5.75 Å². The van der Waals surface area contributed by atoms with Gasteiger partial charge in [0.15, 0.2) is 0 Å². The van der Waals surface area contributed by atoms with Gasteiger partial charge in [-0.1, -0.05) is 0 Å². The summed E-state index contributed by atoms with van der Waals surface area (Å²) >= 11 is 1.54. The number of amides is 1. The Labute approximate surface area is 77.2 Å². The number of rotatable bonds is 7.